The molecule has 6 nitrogen and oxygen atoms in total. The molecule has 0 N–H and O–H groups in total. The standard InChI is InChI=1S/C15H18ClN5OS/c1-9-5-13(19-22-9)14-12(15(16)21(4)18-14)7-20(3)6-11-8-23-10(2)17-11/h5,8H,6-7H2,1-4H3. The second-order valence-electron chi connectivity index (χ2n) is 5.59. The molecule has 3 aromatic heterocycles. The Bertz CT molecular complexity index is 822. The van der Waals surface area contributed by atoms with Gasteiger partial charge in [-0.05, 0) is 20.9 Å². The van der Waals surface area contributed by atoms with Crippen molar-refractivity contribution in [2.75, 3.05) is 7.05 Å². The summed E-state index contributed by atoms with van der Waals surface area (Å²) in [7, 11) is 3.86. The zero-order chi connectivity index (χ0) is 16.6. The Labute approximate surface area is 143 Å². The van der Waals surface area contributed by atoms with Crippen molar-refractivity contribution in [3.8, 4) is 11.4 Å². The van der Waals surface area contributed by atoms with Gasteiger partial charge in [0, 0.05) is 37.1 Å². The fourth-order valence-corrected chi connectivity index (χ4v) is 3.25. The Hall–Kier alpha value is -1.70. The number of halogens is 1. The monoisotopic (exact) mass is 351 g/mol. The first-order valence-corrected chi connectivity index (χ1v) is 8.44. The van der Waals surface area contributed by atoms with Gasteiger partial charge >= 0.3 is 0 Å². The molecular weight excluding hydrogens is 334 g/mol. The van der Waals surface area contributed by atoms with Crippen LogP contribution in [0.3, 0.4) is 0 Å². The van der Waals surface area contributed by atoms with Gasteiger partial charge in [0.15, 0.2) is 0 Å². The van der Waals surface area contributed by atoms with Crippen LogP contribution in [-0.4, -0.2) is 31.9 Å². The van der Waals surface area contributed by atoms with Crippen LogP contribution in [0, 0.1) is 13.8 Å². The molecule has 0 atom stereocenters. The molecule has 0 aliphatic carbocycles. The Morgan fingerprint density at radius 1 is 1.35 bits per heavy atom. The molecule has 3 heterocycles. The molecule has 0 spiro atoms. The van der Waals surface area contributed by atoms with Crippen molar-refractivity contribution in [2.24, 2.45) is 7.05 Å². The largest absolute Gasteiger partial charge is 0.361 e. The van der Waals surface area contributed by atoms with Crippen LogP contribution in [0.4, 0.5) is 0 Å². The van der Waals surface area contributed by atoms with Crippen LogP contribution in [0.1, 0.15) is 22.0 Å². The summed E-state index contributed by atoms with van der Waals surface area (Å²) in [6.07, 6.45) is 0. The van der Waals surface area contributed by atoms with Crippen molar-refractivity contribution in [3.63, 3.8) is 0 Å². The molecule has 3 aromatic rings. The molecule has 0 unspecified atom stereocenters. The highest BCUT2D eigenvalue weighted by Crippen LogP contribution is 2.29. The lowest BCUT2D eigenvalue weighted by Crippen LogP contribution is -2.18. The highest BCUT2D eigenvalue weighted by molar-refractivity contribution is 7.09. The van der Waals surface area contributed by atoms with Gasteiger partial charge < -0.3 is 4.52 Å². The van der Waals surface area contributed by atoms with Crippen molar-refractivity contribution < 1.29 is 4.52 Å². The van der Waals surface area contributed by atoms with Gasteiger partial charge in [-0.1, -0.05) is 16.8 Å². The van der Waals surface area contributed by atoms with E-state index in [9.17, 15) is 0 Å². The fraction of sp³-hybridized carbons (Fsp3) is 0.400. The Morgan fingerprint density at radius 2 is 2.13 bits per heavy atom. The maximum Gasteiger partial charge on any atom is 0.134 e. The van der Waals surface area contributed by atoms with Gasteiger partial charge in [-0.25, -0.2) is 4.98 Å². The van der Waals surface area contributed by atoms with Crippen molar-refractivity contribution in [1.29, 1.82) is 0 Å². The summed E-state index contributed by atoms with van der Waals surface area (Å²) in [5.74, 6) is 0.749. The molecule has 0 aliphatic heterocycles. The van der Waals surface area contributed by atoms with E-state index in [-0.39, 0.29) is 0 Å². The molecule has 122 valence electrons. The number of hydrogen-bond acceptors (Lipinski definition) is 6. The Kier molecular flexibility index (Phi) is 4.52. The third-order valence-corrected chi connectivity index (χ3v) is 4.76. The van der Waals surface area contributed by atoms with Crippen molar-refractivity contribution in [3.05, 3.63) is 38.6 Å². The van der Waals surface area contributed by atoms with Crippen molar-refractivity contribution in [2.45, 2.75) is 26.9 Å². The van der Waals surface area contributed by atoms with Gasteiger partial charge in [-0.3, -0.25) is 9.58 Å². The molecule has 0 fully saturated rings. The lowest BCUT2D eigenvalue weighted by Gasteiger charge is -2.15. The zero-order valence-electron chi connectivity index (χ0n) is 13.5. The summed E-state index contributed by atoms with van der Waals surface area (Å²) < 4.78 is 6.83. The highest BCUT2D eigenvalue weighted by Gasteiger charge is 2.20. The van der Waals surface area contributed by atoms with Gasteiger partial charge in [0.25, 0.3) is 0 Å². The molecular formula is C15H18ClN5OS. The van der Waals surface area contributed by atoms with Crippen LogP contribution in [-0.2, 0) is 20.1 Å². The third kappa shape index (κ3) is 3.46. The zero-order valence-corrected chi connectivity index (χ0v) is 15.1. The lowest BCUT2D eigenvalue weighted by molar-refractivity contribution is 0.316. The van der Waals surface area contributed by atoms with E-state index in [1.54, 1.807) is 16.0 Å². The molecule has 0 aliphatic rings. The number of aromatic nitrogens is 4. The molecule has 0 amide bonds. The number of thiazole rings is 1. The Balaban J connectivity index is 1.84. The molecule has 0 radical (unpaired) electrons. The maximum atomic E-state index is 6.42. The van der Waals surface area contributed by atoms with Crippen LogP contribution in [0.25, 0.3) is 11.4 Å². The van der Waals surface area contributed by atoms with Gasteiger partial charge in [-0.15, -0.1) is 11.3 Å². The van der Waals surface area contributed by atoms with Crippen LogP contribution in [0.2, 0.25) is 5.15 Å². The second kappa shape index (κ2) is 6.43. The number of rotatable bonds is 5. The van der Waals surface area contributed by atoms with E-state index in [1.165, 1.54) is 0 Å². The molecule has 0 aromatic carbocycles. The van der Waals surface area contributed by atoms with Crippen LogP contribution in [0.5, 0.6) is 0 Å². The highest BCUT2D eigenvalue weighted by atomic mass is 35.5. The quantitative estimate of drug-likeness (QED) is 0.704. The Morgan fingerprint density at radius 3 is 2.74 bits per heavy atom. The normalized spacial score (nSPS) is 11.6. The first kappa shape index (κ1) is 16.2. The molecule has 0 bridgehead atoms. The topological polar surface area (TPSA) is 60.0 Å². The van der Waals surface area contributed by atoms with Crippen LogP contribution >= 0.6 is 22.9 Å². The summed E-state index contributed by atoms with van der Waals surface area (Å²) in [5, 5.41) is 12.3. The number of aryl methyl sites for hydroxylation is 3. The van der Waals surface area contributed by atoms with Crippen LogP contribution < -0.4 is 0 Å². The van der Waals surface area contributed by atoms with E-state index in [1.807, 2.05) is 34.0 Å². The first-order valence-electron chi connectivity index (χ1n) is 7.18. The summed E-state index contributed by atoms with van der Waals surface area (Å²) in [6, 6.07) is 1.87. The molecule has 23 heavy (non-hydrogen) atoms. The average molecular weight is 352 g/mol. The molecule has 0 saturated heterocycles. The van der Waals surface area contributed by atoms with E-state index < -0.39 is 0 Å². The van der Waals surface area contributed by atoms with Gasteiger partial charge in [-0.2, -0.15) is 5.10 Å². The number of nitrogens with zero attached hydrogens (tertiary/aromatic N) is 5. The van der Waals surface area contributed by atoms with E-state index in [0.717, 1.165) is 34.3 Å². The second-order valence-corrected chi connectivity index (χ2v) is 7.01. The van der Waals surface area contributed by atoms with Crippen molar-refractivity contribution in [1.82, 2.24) is 24.8 Å². The maximum absolute atomic E-state index is 6.42. The van der Waals surface area contributed by atoms with Gasteiger partial charge in [0.1, 0.15) is 22.3 Å². The summed E-state index contributed by atoms with van der Waals surface area (Å²) >= 11 is 8.08. The number of hydrogen-bond donors (Lipinski definition) is 0. The minimum atomic E-state index is 0.613. The van der Waals surface area contributed by atoms with E-state index in [0.29, 0.717) is 17.4 Å². The van der Waals surface area contributed by atoms with E-state index >= 15 is 0 Å². The third-order valence-electron chi connectivity index (χ3n) is 3.47. The van der Waals surface area contributed by atoms with Crippen LogP contribution in [0.15, 0.2) is 16.0 Å². The van der Waals surface area contributed by atoms with E-state index in [2.05, 4.69) is 25.5 Å². The fourth-order valence-electron chi connectivity index (χ4n) is 2.45. The summed E-state index contributed by atoms with van der Waals surface area (Å²) in [4.78, 5) is 6.66. The first-order chi connectivity index (χ1) is 10.9. The molecule has 8 heteroatoms. The summed E-state index contributed by atoms with van der Waals surface area (Å²) in [5.41, 5.74) is 3.47. The molecule has 0 saturated carbocycles. The smallest absolute Gasteiger partial charge is 0.134 e. The van der Waals surface area contributed by atoms with Crippen molar-refractivity contribution >= 4 is 22.9 Å². The molecule has 3 rings (SSSR count). The summed E-state index contributed by atoms with van der Waals surface area (Å²) in [6.45, 7) is 5.28. The SMILES string of the molecule is Cc1cc(-c2nn(C)c(Cl)c2CN(C)Cc2csc(C)n2)no1. The average Bonchev–Trinajstić information content (AvgIpc) is 3.16. The minimum absolute atomic E-state index is 0.613. The predicted octanol–water partition coefficient (Wildman–Crippen LogP) is 3.43. The predicted molar refractivity (Wildman–Crippen MR) is 90.5 cm³/mol. The lowest BCUT2D eigenvalue weighted by atomic mass is 10.2. The van der Waals surface area contributed by atoms with Gasteiger partial charge in [0.2, 0.25) is 0 Å². The minimum Gasteiger partial charge on any atom is -0.361 e. The van der Waals surface area contributed by atoms with E-state index in [4.69, 9.17) is 16.1 Å². The van der Waals surface area contributed by atoms with Gasteiger partial charge in [0.05, 0.1) is 10.7 Å².